The smallest absolute Gasteiger partial charge is 0.356 e. The van der Waals surface area contributed by atoms with Gasteiger partial charge in [0.2, 0.25) is 0 Å². The SMILES string of the molecule is O=C(Nc1cc2c(nc1-c1ccccc1)CCN(C(=O)OC(F)(F)F)C2)c1ccccc1. The number of rotatable bonds is 3. The van der Waals surface area contributed by atoms with Gasteiger partial charge in [-0.2, -0.15) is 0 Å². The molecule has 6 nitrogen and oxygen atoms in total. The third-order valence-electron chi connectivity index (χ3n) is 4.96. The van der Waals surface area contributed by atoms with Crippen molar-refractivity contribution in [3.05, 3.63) is 83.6 Å². The van der Waals surface area contributed by atoms with Crippen molar-refractivity contribution in [1.82, 2.24) is 9.88 Å². The summed E-state index contributed by atoms with van der Waals surface area (Å²) in [6.45, 7) is -0.0701. The molecule has 0 bridgehead atoms. The molecule has 0 unspecified atom stereocenters. The van der Waals surface area contributed by atoms with Crippen LogP contribution in [-0.2, 0) is 17.7 Å². The van der Waals surface area contributed by atoms with Gasteiger partial charge < -0.3 is 15.0 Å². The minimum atomic E-state index is -5.05. The number of hydrogen-bond donors (Lipinski definition) is 1. The van der Waals surface area contributed by atoms with E-state index in [1.165, 1.54) is 0 Å². The van der Waals surface area contributed by atoms with Crippen LogP contribution in [0.1, 0.15) is 21.6 Å². The van der Waals surface area contributed by atoms with Crippen LogP contribution in [-0.4, -0.2) is 34.8 Å². The van der Waals surface area contributed by atoms with Gasteiger partial charge in [0, 0.05) is 29.8 Å². The molecule has 32 heavy (non-hydrogen) atoms. The van der Waals surface area contributed by atoms with Crippen LogP contribution in [0, 0.1) is 0 Å². The van der Waals surface area contributed by atoms with Gasteiger partial charge in [-0.3, -0.25) is 9.78 Å². The fourth-order valence-corrected chi connectivity index (χ4v) is 3.49. The lowest BCUT2D eigenvalue weighted by Crippen LogP contribution is -2.39. The van der Waals surface area contributed by atoms with Gasteiger partial charge in [-0.25, -0.2) is 4.79 Å². The van der Waals surface area contributed by atoms with Crippen LogP contribution < -0.4 is 5.32 Å². The first-order chi connectivity index (χ1) is 15.3. The average molecular weight is 441 g/mol. The number of hydrogen-bond acceptors (Lipinski definition) is 4. The molecule has 0 fully saturated rings. The Hall–Kier alpha value is -3.88. The van der Waals surface area contributed by atoms with Crippen LogP contribution in [0.15, 0.2) is 66.7 Å². The monoisotopic (exact) mass is 441 g/mol. The van der Waals surface area contributed by atoms with E-state index in [1.807, 2.05) is 30.3 Å². The van der Waals surface area contributed by atoms with Crippen molar-refractivity contribution in [2.24, 2.45) is 0 Å². The first kappa shape index (κ1) is 21.4. The molecule has 0 aliphatic carbocycles. The lowest BCUT2D eigenvalue weighted by atomic mass is 10.0. The van der Waals surface area contributed by atoms with Crippen molar-refractivity contribution in [1.29, 1.82) is 0 Å². The summed E-state index contributed by atoms with van der Waals surface area (Å²) in [5, 5.41) is 2.84. The second-order valence-electron chi connectivity index (χ2n) is 7.16. The molecule has 2 aromatic carbocycles. The fourth-order valence-electron chi connectivity index (χ4n) is 3.49. The molecule has 0 atom stereocenters. The summed E-state index contributed by atoms with van der Waals surface area (Å²) in [4.78, 5) is 30.2. The lowest BCUT2D eigenvalue weighted by Gasteiger charge is -2.28. The molecule has 0 radical (unpaired) electrons. The predicted octanol–water partition coefficient (Wildman–Crippen LogP) is 5.02. The van der Waals surface area contributed by atoms with Crippen LogP contribution in [0.2, 0.25) is 0 Å². The maximum absolute atomic E-state index is 12.7. The van der Waals surface area contributed by atoms with Crippen LogP contribution in [0.3, 0.4) is 0 Å². The summed E-state index contributed by atoms with van der Waals surface area (Å²) < 4.78 is 40.8. The molecule has 0 saturated carbocycles. The van der Waals surface area contributed by atoms with Crippen LogP contribution in [0.4, 0.5) is 23.7 Å². The van der Waals surface area contributed by atoms with E-state index in [0.29, 0.717) is 28.2 Å². The Morgan fingerprint density at radius 3 is 2.31 bits per heavy atom. The van der Waals surface area contributed by atoms with E-state index in [9.17, 15) is 22.8 Å². The molecule has 4 rings (SSSR count). The molecular weight excluding hydrogens is 423 g/mol. The third kappa shape index (κ3) is 4.88. The Bertz CT molecular complexity index is 1140. The topological polar surface area (TPSA) is 71.5 Å². The number of carbonyl (C=O) groups excluding carboxylic acids is 2. The highest BCUT2D eigenvalue weighted by molar-refractivity contribution is 6.06. The minimum absolute atomic E-state index is 0.0405. The van der Waals surface area contributed by atoms with Crippen LogP contribution in [0.25, 0.3) is 11.3 Å². The predicted molar refractivity (Wildman–Crippen MR) is 111 cm³/mol. The van der Waals surface area contributed by atoms with Crippen molar-refractivity contribution in [3.63, 3.8) is 0 Å². The van der Waals surface area contributed by atoms with Crippen molar-refractivity contribution >= 4 is 17.7 Å². The zero-order chi connectivity index (χ0) is 22.7. The number of aromatic nitrogens is 1. The number of halogens is 3. The number of ether oxygens (including phenoxy) is 1. The van der Waals surface area contributed by atoms with Gasteiger partial charge >= 0.3 is 12.5 Å². The molecule has 0 spiro atoms. The number of anilines is 1. The van der Waals surface area contributed by atoms with E-state index in [2.05, 4.69) is 15.0 Å². The normalized spacial score (nSPS) is 13.3. The van der Waals surface area contributed by atoms with Gasteiger partial charge in [0.25, 0.3) is 5.91 Å². The quantitative estimate of drug-likeness (QED) is 0.620. The molecule has 1 aliphatic rings. The van der Waals surface area contributed by atoms with E-state index in [4.69, 9.17) is 0 Å². The molecular formula is C23H18F3N3O3. The Kier molecular flexibility index (Phi) is 5.81. The molecule has 1 aliphatic heterocycles. The first-order valence-electron chi connectivity index (χ1n) is 9.79. The van der Waals surface area contributed by atoms with Gasteiger partial charge in [0.15, 0.2) is 0 Å². The lowest BCUT2D eigenvalue weighted by molar-refractivity contribution is -0.295. The highest BCUT2D eigenvalue weighted by Crippen LogP contribution is 2.31. The Labute approximate surface area is 181 Å². The zero-order valence-corrected chi connectivity index (χ0v) is 16.7. The summed E-state index contributed by atoms with van der Waals surface area (Å²) in [5.41, 5.74) is 3.35. The number of nitrogens with zero attached hydrogens (tertiary/aromatic N) is 2. The Morgan fingerprint density at radius 1 is 1.00 bits per heavy atom. The highest BCUT2D eigenvalue weighted by Gasteiger charge is 2.37. The molecule has 2 amide bonds. The molecule has 2 heterocycles. The minimum Gasteiger partial charge on any atom is -0.356 e. The third-order valence-corrected chi connectivity index (χ3v) is 4.96. The molecule has 9 heteroatoms. The molecule has 0 saturated heterocycles. The van der Waals surface area contributed by atoms with Gasteiger partial charge in [-0.1, -0.05) is 48.5 Å². The second-order valence-corrected chi connectivity index (χ2v) is 7.16. The molecule has 164 valence electrons. The van der Waals surface area contributed by atoms with E-state index >= 15 is 0 Å². The van der Waals surface area contributed by atoms with Crippen LogP contribution >= 0.6 is 0 Å². The summed E-state index contributed by atoms with van der Waals surface area (Å²) in [6.07, 6.45) is -6.26. The van der Waals surface area contributed by atoms with E-state index < -0.39 is 12.5 Å². The number of carbonyl (C=O) groups is 2. The number of pyridine rings is 1. The summed E-state index contributed by atoms with van der Waals surface area (Å²) in [7, 11) is 0. The van der Waals surface area contributed by atoms with Gasteiger partial charge in [-0.15, -0.1) is 13.2 Å². The summed E-state index contributed by atoms with van der Waals surface area (Å²) in [5.74, 6) is -0.353. The Balaban J connectivity index is 1.67. The molecule has 3 aromatic rings. The number of amides is 2. The van der Waals surface area contributed by atoms with Crippen LogP contribution in [0.5, 0.6) is 0 Å². The zero-order valence-electron chi connectivity index (χ0n) is 16.7. The summed E-state index contributed by atoms with van der Waals surface area (Å²) >= 11 is 0. The van der Waals surface area contributed by atoms with Gasteiger partial charge in [-0.05, 0) is 23.8 Å². The van der Waals surface area contributed by atoms with Crippen molar-refractivity contribution in [2.75, 3.05) is 11.9 Å². The second kappa shape index (κ2) is 8.70. The molecule has 1 N–H and O–H groups in total. The average Bonchev–Trinajstić information content (AvgIpc) is 2.78. The maximum Gasteiger partial charge on any atom is 0.576 e. The van der Waals surface area contributed by atoms with Crippen molar-refractivity contribution in [2.45, 2.75) is 19.3 Å². The number of fused-ring (bicyclic) bond motifs is 1. The fraction of sp³-hybridized carbons (Fsp3) is 0.174. The van der Waals surface area contributed by atoms with E-state index in [0.717, 1.165) is 10.5 Å². The standard InChI is InChI=1S/C23H18F3N3O3/c24-23(25,26)32-22(31)29-12-11-18-17(14-29)13-19(20(27-18)15-7-3-1-4-8-15)28-21(30)16-9-5-2-6-10-16/h1-10,13H,11-12,14H2,(H,28,30). The Morgan fingerprint density at radius 2 is 1.66 bits per heavy atom. The van der Waals surface area contributed by atoms with Crippen molar-refractivity contribution < 1.29 is 27.5 Å². The number of alkyl halides is 3. The number of benzene rings is 2. The van der Waals surface area contributed by atoms with Gasteiger partial charge in [0.05, 0.1) is 17.9 Å². The first-order valence-corrected chi connectivity index (χ1v) is 9.79. The number of nitrogens with one attached hydrogen (secondary N) is 1. The molecule has 1 aromatic heterocycles. The summed E-state index contributed by atoms with van der Waals surface area (Å²) in [6, 6.07) is 19.5. The van der Waals surface area contributed by atoms with E-state index in [1.54, 1.807) is 36.4 Å². The highest BCUT2D eigenvalue weighted by atomic mass is 19.4. The van der Waals surface area contributed by atoms with E-state index in [-0.39, 0.29) is 25.4 Å². The van der Waals surface area contributed by atoms with Crippen molar-refractivity contribution in [3.8, 4) is 11.3 Å². The van der Waals surface area contributed by atoms with Gasteiger partial charge in [0.1, 0.15) is 0 Å². The maximum atomic E-state index is 12.7. The largest absolute Gasteiger partial charge is 0.576 e.